The van der Waals surface area contributed by atoms with Gasteiger partial charge in [-0.2, -0.15) is 5.26 Å². The van der Waals surface area contributed by atoms with Gasteiger partial charge in [-0.15, -0.1) is 13.2 Å². The Hall–Kier alpha value is -1.00. The first-order chi connectivity index (χ1) is 6.85. The van der Waals surface area contributed by atoms with E-state index in [1.54, 1.807) is 0 Å². The zero-order chi connectivity index (χ0) is 11.6. The molecule has 80 valence electrons. The van der Waals surface area contributed by atoms with Gasteiger partial charge >= 0.3 is 6.36 Å². The third kappa shape index (κ3) is 2.97. The first kappa shape index (κ1) is 12.1. The standard InChI is InChI=1S/C7HBrClF3N2O/c8-6-4(9)5(15-7(10,11)12)3(1-13)2-14-6/h2H. The fraction of sp³-hybridized carbons (Fsp3) is 0.143. The summed E-state index contributed by atoms with van der Waals surface area (Å²) < 4.78 is 39.4. The second kappa shape index (κ2) is 4.24. The number of aromatic nitrogens is 1. The fourth-order valence-corrected chi connectivity index (χ4v) is 1.22. The first-order valence-corrected chi connectivity index (χ1v) is 4.52. The van der Waals surface area contributed by atoms with Crippen molar-refractivity contribution in [1.82, 2.24) is 4.98 Å². The quantitative estimate of drug-likeness (QED) is 0.748. The highest BCUT2D eigenvalue weighted by atomic mass is 79.9. The molecule has 0 unspecified atom stereocenters. The van der Waals surface area contributed by atoms with Gasteiger partial charge in [0.2, 0.25) is 0 Å². The van der Waals surface area contributed by atoms with Crippen molar-refractivity contribution in [3.8, 4) is 11.8 Å². The van der Waals surface area contributed by atoms with Gasteiger partial charge in [-0.1, -0.05) is 11.6 Å². The molecule has 0 fully saturated rings. The van der Waals surface area contributed by atoms with Crippen LogP contribution in [0, 0.1) is 11.3 Å². The van der Waals surface area contributed by atoms with Crippen molar-refractivity contribution in [3.63, 3.8) is 0 Å². The van der Waals surface area contributed by atoms with E-state index in [9.17, 15) is 13.2 Å². The number of nitriles is 1. The monoisotopic (exact) mass is 300 g/mol. The van der Waals surface area contributed by atoms with Gasteiger partial charge in [0.1, 0.15) is 21.3 Å². The van der Waals surface area contributed by atoms with Gasteiger partial charge in [-0.3, -0.25) is 0 Å². The van der Waals surface area contributed by atoms with Crippen LogP contribution in [0.2, 0.25) is 5.02 Å². The summed E-state index contributed by atoms with van der Waals surface area (Å²) in [7, 11) is 0. The fourth-order valence-electron chi connectivity index (χ4n) is 0.744. The van der Waals surface area contributed by atoms with E-state index < -0.39 is 17.1 Å². The Kier molecular flexibility index (Phi) is 3.42. The van der Waals surface area contributed by atoms with Crippen LogP contribution in [0.25, 0.3) is 0 Å². The average molecular weight is 301 g/mol. The lowest BCUT2D eigenvalue weighted by Gasteiger charge is -2.11. The second-order valence-corrected chi connectivity index (χ2v) is 3.39. The molecular weight excluding hydrogens is 300 g/mol. The van der Waals surface area contributed by atoms with Crippen LogP contribution < -0.4 is 4.74 Å². The molecule has 0 aliphatic carbocycles. The molecule has 0 N–H and O–H groups in total. The molecule has 0 atom stereocenters. The molecule has 1 heterocycles. The van der Waals surface area contributed by atoms with Gasteiger partial charge < -0.3 is 4.74 Å². The van der Waals surface area contributed by atoms with E-state index in [1.807, 2.05) is 0 Å². The number of ether oxygens (including phenoxy) is 1. The molecule has 8 heteroatoms. The molecule has 0 aliphatic rings. The van der Waals surface area contributed by atoms with Crippen LogP contribution in [-0.4, -0.2) is 11.3 Å². The normalized spacial score (nSPS) is 10.9. The van der Waals surface area contributed by atoms with Crippen molar-refractivity contribution >= 4 is 27.5 Å². The number of alkyl halides is 3. The molecular formula is C7HBrClF3N2O. The average Bonchev–Trinajstić information content (AvgIpc) is 2.11. The van der Waals surface area contributed by atoms with Gasteiger partial charge in [-0.05, 0) is 15.9 Å². The van der Waals surface area contributed by atoms with Crippen molar-refractivity contribution in [3.05, 3.63) is 21.4 Å². The Bertz CT molecular complexity index is 429. The maximum atomic E-state index is 11.9. The van der Waals surface area contributed by atoms with Crippen LogP contribution in [0.4, 0.5) is 13.2 Å². The predicted molar refractivity (Wildman–Crippen MR) is 48.3 cm³/mol. The summed E-state index contributed by atoms with van der Waals surface area (Å²) >= 11 is 8.31. The molecule has 15 heavy (non-hydrogen) atoms. The third-order valence-electron chi connectivity index (χ3n) is 1.27. The number of hydrogen-bond donors (Lipinski definition) is 0. The summed E-state index contributed by atoms with van der Waals surface area (Å²) in [6.07, 6.45) is -3.98. The number of hydrogen-bond acceptors (Lipinski definition) is 3. The van der Waals surface area contributed by atoms with E-state index in [1.165, 1.54) is 6.07 Å². The molecule has 1 aromatic rings. The van der Waals surface area contributed by atoms with Gasteiger partial charge in [0.05, 0.1) is 0 Å². The highest BCUT2D eigenvalue weighted by Gasteiger charge is 2.34. The molecule has 0 bridgehead atoms. The van der Waals surface area contributed by atoms with E-state index in [0.717, 1.165) is 6.20 Å². The lowest BCUT2D eigenvalue weighted by Crippen LogP contribution is -2.18. The zero-order valence-electron chi connectivity index (χ0n) is 6.77. The lowest BCUT2D eigenvalue weighted by molar-refractivity contribution is -0.274. The van der Waals surface area contributed by atoms with Crippen molar-refractivity contribution < 1.29 is 17.9 Å². The minimum atomic E-state index is -4.91. The van der Waals surface area contributed by atoms with Gasteiger partial charge in [0, 0.05) is 6.20 Å². The van der Waals surface area contributed by atoms with Crippen LogP contribution in [0.3, 0.4) is 0 Å². The van der Waals surface area contributed by atoms with Crippen LogP contribution in [0.5, 0.6) is 5.75 Å². The molecule has 0 aromatic carbocycles. The van der Waals surface area contributed by atoms with Crippen molar-refractivity contribution in [1.29, 1.82) is 5.26 Å². The first-order valence-electron chi connectivity index (χ1n) is 3.35. The summed E-state index contributed by atoms with van der Waals surface area (Å²) in [4.78, 5) is 3.56. The van der Waals surface area contributed by atoms with E-state index in [2.05, 4.69) is 25.7 Å². The number of halogens is 5. The van der Waals surface area contributed by atoms with E-state index in [-0.39, 0.29) is 10.2 Å². The minimum absolute atomic E-state index is 0.0255. The molecule has 0 aliphatic heterocycles. The molecule has 0 amide bonds. The van der Waals surface area contributed by atoms with Crippen LogP contribution >= 0.6 is 27.5 Å². The lowest BCUT2D eigenvalue weighted by atomic mass is 10.3. The Morgan fingerprint density at radius 1 is 1.53 bits per heavy atom. The third-order valence-corrected chi connectivity index (χ3v) is 2.45. The number of pyridine rings is 1. The van der Waals surface area contributed by atoms with Crippen LogP contribution in [-0.2, 0) is 0 Å². The topological polar surface area (TPSA) is 45.9 Å². The van der Waals surface area contributed by atoms with Crippen molar-refractivity contribution in [2.75, 3.05) is 0 Å². The van der Waals surface area contributed by atoms with Crippen LogP contribution in [0.1, 0.15) is 5.56 Å². The smallest absolute Gasteiger partial charge is 0.403 e. The number of nitrogens with zero attached hydrogens (tertiary/aromatic N) is 2. The summed E-state index contributed by atoms with van der Waals surface area (Å²) in [5.41, 5.74) is -0.388. The molecule has 0 spiro atoms. The summed E-state index contributed by atoms with van der Waals surface area (Å²) in [6, 6.07) is 1.49. The maximum Gasteiger partial charge on any atom is 0.573 e. The Morgan fingerprint density at radius 2 is 2.13 bits per heavy atom. The molecule has 0 saturated heterocycles. The Balaban J connectivity index is 3.26. The zero-order valence-corrected chi connectivity index (χ0v) is 9.11. The second-order valence-electron chi connectivity index (χ2n) is 2.27. The predicted octanol–water partition coefficient (Wildman–Crippen LogP) is 3.27. The highest BCUT2D eigenvalue weighted by molar-refractivity contribution is 9.10. The molecule has 1 rings (SSSR count). The van der Waals surface area contributed by atoms with Gasteiger partial charge in [0.25, 0.3) is 0 Å². The van der Waals surface area contributed by atoms with Crippen LogP contribution in [0.15, 0.2) is 10.8 Å². The highest BCUT2D eigenvalue weighted by Crippen LogP contribution is 2.36. The maximum absolute atomic E-state index is 11.9. The molecule has 1 aromatic heterocycles. The van der Waals surface area contributed by atoms with E-state index in [4.69, 9.17) is 16.9 Å². The van der Waals surface area contributed by atoms with Gasteiger partial charge in [0.15, 0.2) is 5.75 Å². The summed E-state index contributed by atoms with van der Waals surface area (Å²) in [5, 5.41) is 8.12. The number of rotatable bonds is 1. The SMILES string of the molecule is N#Cc1cnc(Br)c(Cl)c1OC(F)(F)F. The minimum Gasteiger partial charge on any atom is -0.403 e. The molecule has 3 nitrogen and oxygen atoms in total. The van der Waals surface area contributed by atoms with Gasteiger partial charge in [-0.25, -0.2) is 4.98 Å². The van der Waals surface area contributed by atoms with Crippen molar-refractivity contribution in [2.24, 2.45) is 0 Å². The molecule has 0 radical (unpaired) electrons. The van der Waals surface area contributed by atoms with Crippen molar-refractivity contribution in [2.45, 2.75) is 6.36 Å². The van der Waals surface area contributed by atoms with E-state index in [0.29, 0.717) is 0 Å². The Morgan fingerprint density at radius 3 is 2.60 bits per heavy atom. The molecule has 0 saturated carbocycles. The van der Waals surface area contributed by atoms with E-state index >= 15 is 0 Å². The summed E-state index contributed by atoms with van der Waals surface area (Å²) in [5.74, 6) is -0.756. The largest absolute Gasteiger partial charge is 0.573 e. The summed E-state index contributed by atoms with van der Waals surface area (Å²) in [6.45, 7) is 0. The Labute approximate surface area is 95.6 Å².